The summed E-state index contributed by atoms with van der Waals surface area (Å²) in [6.07, 6.45) is 2.35. The lowest BCUT2D eigenvalue weighted by atomic mass is 9.65. The minimum Gasteiger partial charge on any atom is -0.289 e. The van der Waals surface area contributed by atoms with Gasteiger partial charge in [-0.25, -0.2) is 8.78 Å². The van der Waals surface area contributed by atoms with Gasteiger partial charge in [-0.15, -0.1) is 0 Å². The van der Waals surface area contributed by atoms with E-state index in [-0.39, 0.29) is 6.54 Å². The lowest BCUT2D eigenvalue weighted by molar-refractivity contribution is -0.266. The molecule has 1 heterocycles. The third-order valence-electron chi connectivity index (χ3n) is 3.03. The maximum Gasteiger partial charge on any atom is 0.278 e. The van der Waals surface area contributed by atoms with Crippen LogP contribution in [0.15, 0.2) is 0 Å². The highest BCUT2D eigenvalue weighted by molar-refractivity contribution is 5.15. The summed E-state index contributed by atoms with van der Waals surface area (Å²) in [6, 6.07) is 0. The first-order valence-corrected chi connectivity index (χ1v) is 3.68. The number of hydrogen-bond donors (Lipinski definition) is 0. The average molecular weight is 147 g/mol. The van der Waals surface area contributed by atoms with Crippen molar-refractivity contribution in [2.75, 3.05) is 13.6 Å². The molecule has 0 amide bonds. The molecule has 0 radical (unpaired) electrons. The fourth-order valence-corrected chi connectivity index (χ4v) is 2.04. The third kappa shape index (κ3) is 0.470. The molecule has 1 saturated carbocycles. The van der Waals surface area contributed by atoms with E-state index < -0.39 is 11.5 Å². The number of nitrogens with zero attached hydrogens (tertiary/aromatic N) is 1. The number of alkyl halides is 2. The van der Waals surface area contributed by atoms with E-state index in [4.69, 9.17) is 0 Å². The topological polar surface area (TPSA) is 3.24 Å². The normalized spacial score (nSPS) is 35.1. The maximum absolute atomic E-state index is 12.8. The van der Waals surface area contributed by atoms with E-state index in [1.807, 2.05) is 0 Å². The molecule has 2 rings (SSSR count). The van der Waals surface area contributed by atoms with E-state index in [9.17, 15) is 8.78 Å². The molecule has 2 aliphatic rings. The van der Waals surface area contributed by atoms with Crippen LogP contribution in [0.25, 0.3) is 0 Å². The van der Waals surface area contributed by atoms with Crippen molar-refractivity contribution in [2.24, 2.45) is 0 Å². The highest BCUT2D eigenvalue weighted by Crippen LogP contribution is 2.55. The van der Waals surface area contributed by atoms with E-state index in [0.29, 0.717) is 12.8 Å². The van der Waals surface area contributed by atoms with Crippen LogP contribution < -0.4 is 0 Å². The predicted molar refractivity (Wildman–Crippen MR) is 34.2 cm³/mol. The van der Waals surface area contributed by atoms with Crippen molar-refractivity contribution >= 4 is 0 Å². The summed E-state index contributed by atoms with van der Waals surface area (Å²) in [6.45, 7) is -0.0347. The quantitative estimate of drug-likeness (QED) is 0.501. The van der Waals surface area contributed by atoms with Crippen molar-refractivity contribution < 1.29 is 8.78 Å². The molecule has 1 nitrogen and oxygen atoms in total. The molecule has 0 aromatic heterocycles. The molecule has 0 bridgehead atoms. The number of likely N-dealkylation sites (tertiary alicyclic amines) is 1. The van der Waals surface area contributed by atoms with Crippen molar-refractivity contribution in [2.45, 2.75) is 30.7 Å². The van der Waals surface area contributed by atoms with Crippen LogP contribution in [-0.2, 0) is 0 Å². The highest BCUT2D eigenvalue weighted by atomic mass is 19.3. The van der Waals surface area contributed by atoms with Gasteiger partial charge >= 0.3 is 0 Å². The summed E-state index contributed by atoms with van der Waals surface area (Å²) in [5.41, 5.74) is -0.701. The Kier molecular flexibility index (Phi) is 0.994. The lowest BCUT2D eigenvalue weighted by Gasteiger charge is -2.61. The van der Waals surface area contributed by atoms with Gasteiger partial charge in [0.15, 0.2) is 0 Å². The predicted octanol–water partition coefficient (Wildman–Crippen LogP) is 1.49. The molecule has 10 heavy (non-hydrogen) atoms. The van der Waals surface area contributed by atoms with E-state index in [1.54, 1.807) is 11.9 Å². The first-order chi connectivity index (χ1) is 4.58. The van der Waals surface area contributed by atoms with Gasteiger partial charge in [-0.3, -0.25) is 4.90 Å². The number of halogens is 2. The van der Waals surface area contributed by atoms with Crippen molar-refractivity contribution in [1.29, 1.82) is 0 Å². The molecule has 0 unspecified atom stereocenters. The van der Waals surface area contributed by atoms with E-state index in [0.717, 1.165) is 6.42 Å². The summed E-state index contributed by atoms with van der Waals surface area (Å²) in [7, 11) is 1.79. The molecular formula is C7H11F2N. The second-order valence-electron chi connectivity index (χ2n) is 3.45. The zero-order valence-corrected chi connectivity index (χ0v) is 6.03. The van der Waals surface area contributed by atoms with Crippen LogP contribution in [0.4, 0.5) is 8.78 Å². The van der Waals surface area contributed by atoms with Crippen LogP contribution >= 0.6 is 0 Å². The molecule has 1 aliphatic heterocycles. The van der Waals surface area contributed by atoms with Crippen molar-refractivity contribution in [3.63, 3.8) is 0 Å². The standard InChI is InChI=1S/C7H11F2N/c1-10-5-7(8,9)6(10)3-2-4-6/h2-5H2,1H3. The van der Waals surface area contributed by atoms with Crippen LogP contribution in [0.2, 0.25) is 0 Å². The van der Waals surface area contributed by atoms with Crippen molar-refractivity contribution in [1.82, 2.24) is 4.90 Å². The Labute approximate surface area is 59.0 Å². The fourth-order valence-electron chi connectivity index (χ4n) is 2.04. The number of hydrogen-bond acceptors (Lipinski definition) is 1. The first-order valence-electron chi connectivity index (χ1n) is 3.68. The highest BCUT2D eigenvalue weighted by Gasteiger charge is 2.67. The monoisotopic (exact) mass is 147 g/mol. The van der Waals surface area contributed by atoms with E-state index >= 15 is 0 Å². The molecule has 1 aliphatic carbocycles. The summed E-state index contributed by atoms with van der Waals surface area (Å²) in [4.78, 5) is 1.79. The summed E-state index contributed by atoms with van der Waals surface area (Å²) < 4.78 is 25.7. The molecule has 0 aromatic rings. The Bertz CT molecular complexity index is 163. The Morgan fingerprint density at radius 1 is 1.30 bits per heavy atom. The lowest BCUT2D eigenvalue weighted by Crippen LogP contribution is -2.76. The second kappa shape index (κ2) is 1.52. The molecular weight excluding hydrogens is 136 g/mol. The molecule has 0 N–H and O–H groups in total. The van der Waals surface area contributed by atoms with Gasteiger partial charge in [0.25, 0.3) is 5.92 Å². The van der Waals surface area contributed by atoms with Crippen molar-refractivity contribution in [3.05, 3.63) is 0 Å². The van der Waals surface area contributed by atoms with Crippen LogP contribution in [-0.4, -0.2) is 30.0 Å². The molecule has 3 heteroatoms. The molecule has 58 valence electrons. The zero-order chi connectivity index (χ0) is 7.41. The Balaban J connectivity index is 2.18. The van der Waals surface area contributed by atoms with Gasteiger partial charge in [-0.05, 0) is 26.3 Å². The minimum absolute atomic E-state index is 0.0347. The number of rotatable bonds is 0. The fraction of sp³-hybridized carbons (Fsp3) is 1.00. The Hall–Kier alpha value is -0.180. The van der Waals surface area contributed by atoms with E-state index in [2.05, 4.69) is 0 Å². The van der Waals surface area contributed by atoms with Gasteiger partial charge in [0.05, 0.1) is 12.1 Å². The summed E-state index contributed by atoms with van der Waals surface area (Å²) in [5, 5.41) is 0. The largest absolute Gasteiger partial charge is 0.289 e. The van der Waals surface area contributed by atoms with Crippen LogP contribution in [0.1, 0.15) is 19.3 Å². The van der Waals surface area contributed by atoms with Crippen LogP contribution in [0, 0.1) is 0 Å². The summed E-state index contributed by atoms with van der Waals surface area (Å²) >= 11 is 0. The first kappa shape index (κ1) is 6.53. The van der Waals surface area contributed by atoms with Gasteiger partial charge in [-0.1, -0.05) is 0 Å². The SMILES string of the molecule is CN1CC(F)(F)C12CCC2. The zero-order valence-electron chi connectivity index (χ0n) is 6.03. The molecule has 2 fully saturated rings. The second-order valence-corrected chi connectivity index (χ2v) is 3.45. The van der Waals surface area contributed by atoms with Gasteiger partial charge < -0.3 is 0 Å². The Morgan fingerprint density at radius 3 is 2.00 bits per heavy atom. The minimum atomic E-state index is -2.39. The van der Waals surface area contributed by atoms with Gasteiger partial charge in [0.2, 0.25) is 0 Å². The maximum atomic E-state index is 12.8. The summed E-state index contributed by atoms with van der Waals surface area (Å²) in [5.74, 6) is -2.39. The molecule has 0 aromatic carbocycles. The van der Waals surface area contributed by atoms with E-state index in [1.165, 1.54) is 0 Å². The van der Waals surface area contributed by atoms with Crippen LogP contribution in [0.3, 0.4) is 0 Å². The molecule has 1 saturated heterocycles. The molecule has 0 atom stereocenters. The Morgan fingerprint density at radius 2 is 1.90 bits per heavy atom. The molecule has 1 spiro atoms. The van der Waals surface area contributed by atoms with Crippen molar-refractivity contribution in [3.8, 4) is 0 Å². The third-order valence-corrected chi connectivity index (χ3v) is 3.03. The van der Waals surface area contributed by atoms with Gasteiger partial charge in [0, 0.05) is 0 Å². The van der Waals surface area contributed by atoms with Gasteiger partial charge in [0.1, 0.15) is 0 Å². The smallest absolute Gasteiger partial charge is 0.278 e. The average Bonchev–Trinajstić information content (AvgIpc) is 1.55. The van der Waals surface area contributed by atoms with Crippen LogP contribution in [0.5, 0.6) is 0 Å². The van der Waals surface area contributed by atoms with Gasteiger partial charge in [-0.2, -0.15) is 0 Å².